The van der Waals surface area contributed by atoms with Crippen molar-refractivity contribution in [1.82, 2.24) is 9.97 Å². The number of ether oxygens (including phenoxy) is 1. The Morgan fingerprint density at radius 2 is 1.93 bits per heavy atom. The third kappa shape index (κ3) is 5.34. The van der Waals surface area contributed by atoms with Crippen LogP contribution in [-0.4, -0.2) is 36.5 Å². The number of rotatable bonds is 8. The van der Waals surface area contributed by atoms with E-state index in [2.05, 4.69) is 14.7 Å². The zero-order valence-corrected chi connectivity index (χ0v) is 16.0. The van der Waals surface area contributed by atoms with Crippen molar-refractivity contribution in [3.05, 3.63) is 51.7 Å². The maximum atomic E-state index is 14.1. The summed E-state index contributed by atoms with van der Waals surface area (Å²) in [6, 6.07) is 4.78. The number of Topliss-reactive ketones (excluding diaryl/α,β-unsaturated/α-hetero) is 1. The van der Waals surface area contributed by atoms with Crippen molar-refractivity contribution in [2.45, 2.75) is 32.8 Å². The molecular formula is C19H22F3N3O3. The first-order chi connectivity index (χ1) is 13.1. The molecule has 6 nitrogen and oxygen atoms in total. The molecule has 1 aromatic heterocycles. The molecule has 2 rings (SSSR count). The van der Waals surface area contributed by atoms with E-state index in [4.69, 9.17) is 0 Å². The van der Waals surface area contributed by atoms with Crippen LogP contribution in [0.15, 0.2) is 29.1 Å². The molecule has 2 aromatic rings. The van der Waals surface area contributed by atoms with Crippen molar-refractivity contribution in [3.63, 3.8) is 0 Å². The van der Waals surface area contributed by atoms with Gasteiger partial charge in [0.1, 0.15) is 5.69 Å². The summed E-state index contributed by atoms with van der Waals surface area (Å²) in [4.78, 5) is 32.7. The van der Waals surface area contributed by atoms with Gasteiger partial charge in [0.05, 0.1) is 0 Å². The third-order valence-electron chi connectivity index (χ3n) is 4.25. The van der Waals surface area contributed by atoms with Crippen LogP contribution in [-0.2, 0) is 0 Å². The van der Waals surface area contributed by atoms with Crippen molar-refractivity contribution >= 4 is 11.7 Å². The third-order valence-corrected chi connectivity index (χ3v) is 4.25. The Hall–Kier alpha value is -2.84. The lowest BCUT2D eigenvalue weighted by Crippen LogP contribution is -2.22. The maximum absolute atomic E-state index is 14.1. The van der Waals surface area contributed by atoms with Crippen molar-refractivity contribution in [2.75, 3.05) is 19.0 Å². The predicted molar refractivity (Wildman–Crippen MR) is 98.7 cm³/mol. The van der Waals surface area contributed by atoms with Gasteiger partial charge in [-0.25, -0.2) is 9.37 Å². The quantitative estimate of drug-likeness (QED) is 0.689. The van der Waals surface area contributed by atoms with E-state index < -0.39 is 29.7 Å². The number of H-pyrrole nitrogens is 1. The van der Waals surface area contributed by atoms with Gasteiger partial charge < -0.3 is 9.64 Å². The largest absolute Gasteiger partial charge is 0.432 e. The van der Waals surface area contributed by atoms with Crippen LogP contribution in [0.1, 0.15) is 42.2 Å². The highest BCUT2D eigenvalue weighted by atomic mass is 19.3. The number of hydrogen-bond donors (Lipinski definition) is 1. The molecule has 0 aliphatic carbocycles. The van der Waals surface area contributed by atoms with Crippen LogP contribution in [0.5, 0.6) is 5.75 Å². The first kappa shape index (κ1) is 21.5. The van der Waals surface area contributed by atoms with Crippen LogP contribution in [0.4, 0.5) is 19.1 Å². The van der Waals surface area contributed by atoms with Crippen LogP contribution >= 0.6 is 0 Å². The molecule has 0 radical (unpaired) electrons. The smallest absolute Gasteiger partial charge is 0.387 e. The molecule has 0 amide bonds. The molecule has 28 heavy (non-hydrogen) atoms. The van der Waals surface area contributed by atoms with E-state index in [0.29, 0.717) is 5.56 Å². The number of hydrogen-bond acceptors (Lipinski definition) is 5. The molecule has 1 aromatic carbocycles. The topological polar surface area (TPSA) is 75.3 Å². The molecule has 0 unspecified atom stereocenters. The Labute approximate surface area is 160 Å². The Kier molecular flexibility index (Phi) is 6.82. The van der Waals surface area contributed by atoms with Gasteiger partial charge in [-0.05, 0) is 29.5 Å². The zero-order chi connectivity index (χ0) is 21.0. The van der Waals surface area contributed by atoms with Crippen molar-refractivity contribution in [3.8, 4) is 5.75 Å². The number of aromatic nitrogens is 2. The van der Waals surface area contributed by atoms with Gasteiger partial charge in [0.15, 0.2) is 17.3 Å². The summed E-state index contributed by atoms with van der Waals surface area (Å²) in [5.74, 6) is -2.07. The highest BCUT2D eigenvalue weighted by Crippen LogP contribution is 2.32. The molecular weight excluding hydrogens is 375 g/mol. The van der Waals surface area contributed by atoms with Crippen LogP contribution in [0.3, 0.4) is 0 Å². The van der Waals surface area contributed by atoms with E-state index in [-0.39, 0.29) is 29.8 Å². The number of carbonyl (C=O) groups is 1. The Morgan fingerprint density at radius 1 is 1.25 bits per heavy atom. The summed E-state index contributed by atoms with van der Waals surface area (Å²) in [7, 11) is 3.35. The average molecular weight is 397 g/mol. The highest BCUT2D eigenvalue weighted by molar-refractivity contribution is 5.95. The average Bonchev–Trinajstić information content (AvgIpc) is 2.60. The lowest BCUT2D eigenvalue weighted by molar-refractivity contribution is -0.0522. The minimum absolute atomic E-state index is 0.0104. The minimum atomic E-state index is -3.13. The second-order valence-corrected chi connectivity index (χ2v) is 6.89. The molecule has 0 saturated carbocycles. The monoisotopic (exact) mass is 397 g/mol. The summed E-state index contributed by atoms with van der Waals surface area (Å²) in [5.41, 5.74) is 0.0269. The van der Waals surface area contributed by atoms with Crippen molar-refractivity contribution in [1.29, 1.82) is 0 Å². The van der Waals surface area contributed by atoms with E-state index in [1.807, 2.05) is 13.8 Å². The summed E-state index contributed by atoms with van der Waals surface area (Å²) < 4.78 is 42.8. The van der Waals surface area contributed by atoms with Crippen LogP contribution in [0.25, 0.3) is 0 Å². The number of carbonyl (C=O) groups excluding carboxylic acids is 1. The van der Waals surface area contributed by atoms with E-state index >= 15 is 0 Å². The minimum Gasteiger partial charge on any atom is -0.432 e. The molecule has 1 heterocycles. The number of ketones is 1. The van der Waals surface area contributed by atoms with Gasteiger partial charge >= 0.3 is 6.61 Å². The molecule has 0 fully saturated rings. The van der Waals surface area contributed by atoms with Gasteiger partial charge in [-0.2, -0.15) is 8.78 Å². The molecule has 9 heteroatoms. The lowest BCUT2D eigenvalue weighted by atomic mass is 9.84. The maximum Gasteiger partial charge on any atom is 0.387 e. The second-order valence-electron chi connectivity index (χ2n) is 6.89. The van der Waals surface area contributed by atoms with Crippen LogP contribution in [0, 0.1) is 11.7 Å². The van der Waals surface area contributed by atoms with Gasteiger partial charge in [0, 0.05) is 26.6 Å². The first-order valence-corrected chi connectivity index (χ1v) is 8.64. The standard InChI is InChI=1S/C19H22F3N3O3/c1-10(2)12(11-5-6-16(13(20)7-11)28-18(21)22)8-15(26)14-9-17(27)24-19(23-14)25(3)4/h5-7,9-10,12,18H,8H2,1-4H3,(H,23,24,27)/t12-/m1/s1. The Bertz CT molecular complexity index is 897. The Morgan fingerprint density at radius 3 is 2.46 bits per heavy atom. The lowest BCUT2D eigenvalue weighted by Gasteiger charge is -2.21. The SMILES string of the molecule is CC(C)[C@@H](CC(=O)c1cc(=O)[nH]c(N(C)C)n1)c1ccc(OC(F)F)c(F)c1. The van der Waals surface area contributed by atoms with Crippen molar-refractivity contribution < 1.29 is 22.7 Å². The number of benzene rings is 1. The van der Waals surface area contributed by atoms with Gasteiger partial charge in [0.2, 0.25) is 5.95 Å². The van der Waals surface area contributed by atoms with E-state index in [1.54, 1.807) is 19.0 Å². The van der Waals surface area contributed by atoms with E-state index in [0.717, 1.165) is 18.2 Å². The number of halogens is 3. The molecule has 0 bridgehead atoms. The van der Waals surface area contributed by atoms with Gasteiger partial charge in [-0.1, -0.05) is 19.9 Å². The highest BCUT2D eigenvalue weighted by Gasteiger charge is 2.23. The summed E-state index contributed by atoms with van der Waals surface area (Å²) in [6.07, 6.45) is -0.0184. The van der Waals surface area contributed by atoms with Crippen molar-refractivity contribution in [2.24, 2.45) is 5.92 Å². The normalized spacial score (nSPS) is 12.3. The number of nitrogens with one attached hydrogen (secondary N) is 1. The van der Waals surface area contributed by atoms with E-state index in [9.17, 15) is 22.8 Å². The molecule has 1 N–H and O–H groups in total. The summed E-state index contributed by atoms with van der Waals surface area (Å²) >= 11 is 0. The van der Waals surface area contributed by atoms with Gasteiger partial charge in [0.25, 0.3) is 5.56 Å². The molecule has 152 valence electrons. The molecule has 0 aliphatic rings. The predicted octanol–water partition coefficient (Wildman–Crippen LogP) is 3.59. The fourth-order valence-electron chi connectivity index (χ4n) is 2.78. The molecule has 0 spiro atoms. The van der Waals surface area contributed by atoms with Crippen LogP contribution in [0.2, 0.25) is 0 Å². The Balaban J connectivity index is 2.29. The van der Waals surface area contributed by atoms with Gasteiger partial charge in [-0.15, -0.1) is 0 Å². The summed E-state index contributed by atoms with van der Waals surface area (Å²) in [5, 5.41) is 0. The second kappa shape index (κ2) is 8.90. The zero-order valence-electron chi connectivity index (χ0n) is 16.0. The molecule has 1 atom stereocenters. The molecule has 0 saturated heterocycles. The number of anilines is 1. The van der Waals surface area contributed by atoms with Gasteiger partial charge in [-0.3, -0.25) is 14.6 Å². The van der Waals surface area contributed by atoms with E-state index in [1.165, 1.54) is 6.07 Å². The van der Waals surface area contributed by atoms with Crippen LogP contribution < -0.4 is 15.2 Å². The number of aromatic amines is 1. The summed E-state index contributed by atoms with van der Waals surface area (Å²) in [6.45, 7) is 0.585. The number of alkyl halides is 2. The fourth-order valence-corrected chi connectivity index (χ4v) is 2.78. The molecule has 0 aliphatic heterocycles. The first-order valence-electron chi connectivity index (χ1n) is 8.64. The fraction of sp³-hybridized carbons (Fsp3) is 0.421. The number of nitrogens with zero attached hydrogens (tertiary/aromatic N) is 2.